The van der Waals surface area contributed by atoms with Gasteiger partial charge in [0.15, 0.2) is 5.65 Å². The third-order valence-corrected chi connectivity index (χ3v) is 5.66. The zero-order chi connectivity index (χ0) is 23.1. The molecule has 3 heterocycles. The maximum Gasteiger partial charge on any atom is 0.252 e. The van der Waals surface area contributed by atoms with Crippen molar-refractivity contribution in [3.63, 3.8) is 0 Å². The Labute approximate surface area is 187 Å². The zero-order valence-corrected chi connectivity index (χ0v) is 17.3. The number of aromatic nitrogens is 4. The molecule has 2 aromatic carbocycles. The highest BCUT2D eigenvalue weighted by molar-refractivity contribution is 6.02. The Hall–Kier alpha value is -4.52. The number of fused-ring (bicyclic) bond motifs is 2. The molecule has 33 heavy (non-hydrogen) atoms. The second kappa shape index (κ2) is 7.87. The van der Waals surface area contributed by atoms with Crippen LogP contribution in [0.2, 0.25) is 0 Å². The van der Waals surface area contributed by atoms with Gasteiger partial charge in [-0.15, -0.1) is 0 Å². The Morgan fingerprint density at radius 1 is 1.24 bits per heavy atom. The van der Waals surface area contributed by atoms with E-state index in [4.69, 9.17) is 11.0 Å². The third-order valence-electron chi connectivity index (χ3n) is 5.66. The van der Waals surface area contributed by atoms with Gasteiger partial charge < -0.3 is 15.7 Å². The fraction of sp³-hybridized carbons (Fsp3) is 0.174. The SMILES string of the molecule is N#CCCN1C(=O)C(n2nc(-c3cc(O)cc(F)c3)c3c(N)ncnc32)Cc2ccccc21. The number of nitrogens with zero attached hydrogens (tertiary/aromatic N) is 6. The van der Waals surface area contributed by atoms with Crippen molar-refractivity contribution in [3.05, 3.63) is 60.2 Å². The fourth-order valence-electron chi connectivity index (χ4n) is 4.25. The second-order valence-corrected chi connectivity index (χ2v) is 7.70. The lowest BCUT2D eigenvalue weighted by Crippen LogP contribution is -2.43. The highest BCUT2D eigenvalue weighted by Crippen LogP contribution is 2.37. The maximum atomic E-state index is 14.0. The molecule has 0 radical (unpaired) electrons. The molecule has 10 heteroatoms. The zero-order valence-electron chi connectivity index (χ0n) is 17.3. The highest BCUT2D eigenvalue weighted by atomic mass is 19.1. The van der Waals surface area contributed by atoms with Crippen LogP contribution in [0.1, 0.15) is 18.0 Å². The summed E-state index contributed by atoms with van der Waals surface area (Å²) in [7, 11) is 0. The van der Waals surface area contributed by atoms with Crippen molar-refractivity contribution in [1.82, 2.24) is 19.7 Å². The van der Waals surface area contributed by atoms with E-state index in [1.807, 2.05) is 24.3 Å². The van der Waals surface area contributed by atoms with E-state index in [1.165, 1.54) is 23.1 Å². The van der Waals surface area contributed by atoms with Crippen molar-refractivity contribution in [2.75, 3.05) is 17.2 Å². The summed E-state index contributed by atoms with van der Waals surface area (Å²) >= 11 is 0. The van der Waals surface area contributed by atoms with E-state index < -0.39 is 11.9 Å². The molecule has 0 fully saturated rings. The summed E-state index contributed by atoms with van der Waals surface area (Å²) in [4.78, 5) is 23.5. The quantitative estimate of drug-likeness (QED) is 0.495. The van der Waals surface area contributed by atoms with Gasteiger partial charge in [0.05, 0.1) is 17.9 Å². The molecule has 9 nitrogen and oxygen atoms in total. The van der Waals surface area contributed by atoms with Crippen molar-refractivity contribution in [3.8, 4) is 23.1 Å². The van der Waals surface area contributed by atoms with Crippen LogP contribution in [0, 0.1) is 17.1 Å². The molecule has 0 saturated carbocycles. The van der Waals surface area contributed by atoms with Crippen molar-refractivity contribution < 1.29 is 14.3 Å². The minimum Gasteiger partial charge on any atom is -0.508 e. The Bertz CT molecular complexity index is 1420. The van der Waals surface area contributed by atoms with E-state index in [-0.39, 0.29) is 41.7 Å². The minimum absolute atomic E-state index is 0.120. The lowest BCUT2D eigenvalue weighted by molar-refractivity contribution is -0.122. The number of amides is 1. The molecule has 5 rings (SSSR count). The average molecular weight is 443 g/mol. The number of nitriles is 1. The van der Waals surface area contributed by atoms with Gasteiger partial charge in [0.2, 0.25) is 0 Å². The first-order valence-electron chi connectivity index (χ1n) is 10.2. The largest absolute Gasteiger partial charge is 0.508 e. The van der Waals surface area contributed by atoms with Gasteiger partial charge in [0.1, 0.15) is 35.4 Å². The lowest BCUT2D eigenvalue weighted by atomic mass is 9.97. The Morgan fingerprint density at radius 3 is 2.85 bits per heavy atom. The number of nitrogens with two attached hydrogens (primary N) is 1. The van der Waals surface area contributed by atoms with E-state index in [0.717, 1.165) is 17.3 Å². The van der Waals surface area contributed by atoms with Crippen molar-refractivity contribution in [2.24, 2.45) is 0 Å². The second-order valence-electron chi connectivity index (χ2n) is 7.70. The van der Waals surface area contributed by atoms with E-state index in [0.29, 0.717) is 17.5 Å². The van der Waals surface area contributed by atoms with E-state index in [9.17, 15) is 14.3 Å². The smallest absolute Gasteiger partial charge is 0.252 e. The predicted molar refractivity (Wildman–Crippen MR) is 119 cm³/mol. The van der Waals surface area contributed by atoms with Crippen LogP contribution in [0.25, 0.3) is 22.3 Å². The van der Waals surface area contributed by atoms with Gasteiger partial charge in [0.25, 0.3) is 5.91 Å². The molecule has 1 amide bonds. The van der Waals surface area contributed by atoms with Crippen LogP contribution in [-0.4, -0.2) is 37.3 Å². The lowest BCUT2D eigenvalue weighted by Gasteiger charge is -2.34. The highest BCUT2D eigenvalue weighted by Gasteiger charge is 2.36. The number of rotatable bonds is 4. The summed E-state index contributed by atoms with van der Waals surface area (Å²) in [5.74, 6) is -1.03. The summed E-state index contributed by atoms with van der Waals surface area (Å²) in [6.07, 6.45) is 1.81. The van der Waals surface area contributed by atoms with Crippen LogP contribution in [0.5, 0.6) is 5.75 Å². The standard InChI is InChI=1S/C23H18FN7O2/c24-15-8-14(9-16(32)11-15)20-19-21(26)27-12-28-22(19)31(29-20)18-10-13-4-1-2-5-17(13)30(23(18)33)7-3-6-25/h1-2,4-5,8-9,11-12,18,32H,3,7,10H2,(H2,26,27,28). The van der Waals surface area contributed by atoms with Crippen LogP contribution >= 0.6 is 0 Å². The molecule has 1 aliphatic rings. The van der Waals surface area contributed by atoms with Crippen LogP contribution in [0.4, 0.5) is 15.9 Å². The summed E-state index contributed by atoms with van der Waals surface area (Å²) in [6.45, 7) is 0.240. The van der Waals surface area contributed by atoms with Crippen LogP contribution < -0.4 is 10.6 Å². The van der Waals surface area contributed by atoms with E-state index in [1.54, 1.807) is 4.90 Å². The van der Waals surface area contributed by atoms with Gasteiger partial charge in [-0.05, 0) is 23.8 Å². The van der Waals surface area contributed by atoms with Crippen LogP contribution in [0.15, 0.2) is 48.8 Å². The number of hydrogen-bond donors (Lipinski definition) is 2. The van der Waals surface area contributed by atoms with Gasteiger partial charge in [-0.25, -0.2) is 19.0 Å². The molecular formula is C23H18FN7O2. The van der Waals surface area contributed by atoms with Gasteiger partial charge >= 0.3 is 0 Å². The first-order chi connectivity index (χ1) is 16.0. The number of benzene rings is 2. The number of carbonyl (C=O) groups is 1. The van der Waals surface area contributed by atoms with Gasteiger partial charge in [-0.1, -0.05) is 18.2 Å². The summed E-state index contributed by atoms with van der Waals surface area (Å²) in [6, 6.07) is 12.4. The van der Waals surface area contributed by atoms with Crippen LogP contribution in [-0.2, 0) is 11.2 Å². The first kappa shape index (κ1) is 20.4. The molecule has 4 aromatic rings. The number of phenolic OH excluding ortho intramolecular Hbond substituents is 1. The van der Waals surface area contributed by atoms with Crippen LogP contribution in [0.3, 0.4) is 0 Å². The number of para-hydroxylation sites is 1. The van der Waals surface area contributed by atoms with Gasteiger partial charge in [0, 0.05) is 30.3 Å². The molecule has 0 aliphatic carbocycles. The molecule has 1 atom stereocenters. The molecule has 0 bridgehead atoms. The Balaban J connectivity index is 1.70. The number of phenols is 1. The number of aromatic hydroxyl groups is 1. The molecule has 1 unspecified atom stereocenters. The molecular weight excluding hydrogens is 425 g/mol. The summed E-state index contributed by atoms with van der Waals surface area (Å²) < 4.78 is 15.5. The minimum atomic E-state index is -0.758. The molecule has 0 spiro atoms. The van der Waals surface area contributed by atoms with Gasteiger partial charge in [-0.2, -0.15) is 10.4 Å². The molecule has 164 valence electrons. The molecule has 1 aliphatic heterocycles. The number of carbonyl (C=O) groups excluding carboxylic acids is 1. The normalized spacial score (nSPS) is 15.5. The maximum absolute atomic E-state index is 14.0. The van der Waals surface area contributed by atoms with Crippen molar-refractivity contribution >= 4 is 28.4 Å². The van der Waals surface area contributed by atoms with Crippen molar-refractivity contribution in [2.45, 2.75) is 18.9 Å². The fourth-order valence-corrected chi connectivity index (χ4v) is 4.25. The van der Waals surface area contributed by atoms with E-state index in [2.05, 4.69) is 21.1 Å². The van der Waals surface area contributed by atoms with E-state index >= 15 is 0 Å². The molecule has 2 aromatic heterocycles. The summed E-state index contributed by atoms with van der Waals surface area (Å²) in [5.41, 5.74) is 8.67. The third kappa shape index (κ3) is 3.40. The Kier molecular flexibility index (Phi) is 4.86. The number of hydrogen-bond acceptors (Lipinski definition) is 7. The monoisotopic (exact) mass is 443 g/mol. The Morgan fingerprint density at radius 2 is 2.06 bits per heavy atom. The van der Waals surface area contributed by atoms with Crippen molar-refractivity contribution in [1.29, 1.82) is 5.26 Å². The molecule has 3 N–H and O–H groups in total. The topological polar surface area (TPSA) is 134 Å². The van der Waals surface area contributed by atoms with Gasteiger partial charge in [-0.3, -0.25) is 4.79 Å². The average Bonchev–Trinajstić information content (AvgIpc) is 3.18. The predicted octanol–water partition coefficient (Wildman–Crippen LogP) is 2.96. The number of anilines is 2. The molecule has 0 saturated heterocycles. The number of halogens is 1. The first-order valence-corrected chi connectivity index (χ1v) is 10.2. The number of nitrogen functional groups attached to an aromatic ring is 1. The summed E-state index contributed by atoms with van der Waals surface area (Å²) in [5, 5.41) is 23.9.